The second kappa shape index (κ2) is 5.55. The molecular weight excluding hydrogens is 346 g/mol. The Balaban J connectivity index is 1.79. The maximum atomic E-state index is 12.8. The van der Waals surface area contributed by atoms with Crippen LogP contribution in [-0.2, 0) is 14.9 Å². The predicted molar refractivity (Wildman–Crippen MR) is 99.3 cm³/mol. The van der Waals surface area contributed by atoms with Crippen LogP contribution in [0, 0.1) is 22.0 Å². The molecule has 0 aromatic heterocycles. The number of nitro groups is 1. The summed E-state index contributed by atoms with van der Waals surface area (Å²) in [5.74, 6) is 0.310. The molecule has 7 nitrogen and oxygen atoms in total. The number of carbonyl (C=O) groups excluding carboxylic acids is 1. The number of hydrogen-bond acceptors (Lipinski definition) is 6. The predicted octanol–water partition coefficient (Wildman–Crippen LogP) is 2.82. The largest absolute Gasteiger partial charge is 0.466 e. The van der Waals surface area contributed by atoms with Crippen LogP contribution in [0.15, 0.2) is 29.5 Å². The standard InChI is InChI=1S/C20H23N3O4/c1-3-12-13-6-8-22-9-7-20(18(12)22)14-5-4-11(23(25)26)10-15(14)21-17(20)16(13)19(24)27-2/h4-5,10,12-13,18,21H,3,6-9H2,1-2H3/t12-,13+,18-,20-/m1/s1. The molecule has 1 N–H and O–H groups in total. The molecule has 0 amide bonds. The van der Waals surface area contributed by atoms with Gasteiger partial charge in [-0.2, -0.15) is 0 Å². The molecule has 5 rings (SSSR count). The van der Waals surface area contributed by atoms with Crippen molar-refractivity contribution in [3.63, 3.8) is 0 Å². The molecule has 2 bridgehead atoms. The van der Waals surface area contributed by atoms with Gasteiger partial charge in [0, 0.05) is 29.6 Å². The van der Waals surface area contributed by atoms with E-state index in [0.29, 0.717) is 12.0 Å². The van der Waals surface area contributed by atoms with Crippen molar-refractivity contribution < 1.29 is 14.5 Å². The third kappa shape index (κ3) is 1.92. The van der Waals surface area contributed by atoms with Gasteiger partial charge in [-0.15, -0.1) is 0 Å². The molecule has 1 aromatic rings. The normalized spacial score (nSPS) is 33.3. The zero-order valence-electron chi connectivity index (χ0n) is 15.5. The first-order valence-electron chi connectivity index (χ1n) is 9.66. The highest BCUT2D eigenvalue weighted by Gasteiger charge is 2.64. The van der Waals surface area contributed by atoms with Gasteiger partial charge >= 0.3 is 5.97 Å². The van der Waals surface area contributed by atoms with E-state index in [0.717, 1.165) is 54.9 Å². The van der Waals surface area contributed by atoms with Crippen molar-refractivity contribution >= 4 is 17.3 Å². The Bertz CT molecular complexity index is 895. The molecule has 142 valence electrons. The number of nitrogens with one attached hydrogen (secondary N) is 1. The molecule has 2 saturated heterocycles. The third-order valence-corrected chi connectivity index (χ3v) is 7.26. The van der Waals surface area contributed by atoms with Gasteiger partial charge in [-0.25, -0.2) is 4.79 Å². The molecule has 1 aromatic carbocycles. The summed E-state index contributed by atoms with van der Waals surface area (Å²) in [6, 6.07) is 5.43. The molecule has 0 radical (unpaired) electrons. The van der Waals surface area contributed by atoms with Gasteiger partial charge in [0.15, 0.2) is 0 Å². The summed E-state index contributed by atoms with van der Waals surface area (Å²) >= 11 is 0. The van der Waals surface area contributed by atoms with Gasteiger partial charge in [0.1, 0.15) is 0 Å². The van der Waals surface area contributed by atoms with Gasteiger partial charge in [-0.05, 0) is 49.4 Å². The SMILES string of the molecule is CC[C@@H]1[C@@H]2CCN3CC[C@@]4(C(=C2C(=O)OC)Nc2cc([N+](=O)[O-])ccc24)[C@@H]13. The van der Waals surface area contributed by atoms with Crippen LogP contribution in [0.1, 0.15) is 31.7 Å². The maximum absolute atomic E-state index is 12.8. The van der Waals surface area contributed by atoms with Crippen LogP contribution in [0.5, 0.6) is 0 Å². The smallest absolute Gasteiger partial charge is 0.335 e. The van der Waals surface area contributed by atoms with E-state index in [2.05, 4.69) is 17.1 Å². The van der Waals surface area contributed by atoms with Crippen molar-refractivity contribution in [3.05, 3.63) is 45.1 Å². The van der Waals surface area contributed by atoms with Gasteiger partial charge in [0.05, 0.1) is 23.0 Å². The first-order chi connectivity index (χ1) is 13.0. The number of fused-ring (bicyclic) bond motifs is 2. The molecule has 4 atom stereocenters. The minimum Gasteiger partial charge on any atom is -0.466 e. The average Bonchev–Trinajstić information content (AvgIpc) is 3.23. The van der Waals surface area contributed by atoms with Gasteiger partial charge in [0.25, 0.3) is 5.69 Å². The quantitative estimate of drug-likeness (QED) is 0.501. The number of nitrogens with zero attached hydrogens (tertiary/aromatic N) is 2. The maximum Gasteiger partial charge on any atom is 0.335 e. The van der Waals surface area contributed by atoms with Crippen LogP contribution in [0.4, 0.5) is 11.4 Å². The van der Waals surface area contributed by atoms with Crippen LogP contribution in [0.2, 0.25) is 0 Å². The molecule has 7 heteroatoms. The number of ether oxygens (including phenoxy) is 1. The summed E-state index contributed by atoms with van der Waals surface area (Å²) in [7, 11) is 1.44. The Hall–Kier alpha value is -2.41. The fraction of sp³-hybridized carbons (Fsp3) is 0.550. The first-order valence-corrected chi connectivity index (χ1v) is 9.66. The number of benzene rings is 1. The van der Waals surface area contributed by atoms with Gasteiger partial charge in [-0.1, -0.05) is 13.3 Å². The monoisotopic (exact) mass is 369 g/mol. The lowest BCUT2D eigenvalue weighted by molar-refractivity contribution is -0.384. The molecule has 2 fully saturated rings. The van der Waals surface area contributed by atoms with Crippen molar-refractivity contribution in [1.82, 2.24) is 4.90 Å². The summed E-state index contributed by atoms with van der Waals surface area (Å²) in [5.41, 5.74) is 3.35. The van der Waals surface area contributed by atoms with Crippen molar-refractivity contribution in [2.45, 2.75) is 37.6 Å². The fourth-order valence-electron chi connectivity index (χ4n) is 6.35. The third-order valence-electron chi connectivity index (χ3n) is 7.26. The van der Waals surface area contributed by atoms with Crippen molar-refractivity contribution in [3.8, 4) is 0 Å². The van der Waals surface area contributed by atoms with Crippen LogP contribution >= 0.6 is 0 Å². The zero-order valence-corrected chi connectivity index (χ0v) is 15.5. The summed E-state index contributed by atoms with van der Waals surface area (Å²) in [4.78, 5) is 26.3. The van der Waals surface area contributed by atoms with E-state index in [9.17, 15) is 14.9 Å². The van der Waals surface area contributed by atoms with Crippen LogP contribution < -0.4 is 5.32 Å². The summed E-state index contributed by atoms with van der Waals surface area (Å²) < 4.78 is 5.19. The number of non-ortho nitro benzene ring substituents is 1. The Morgan fingerprint density at radius 1 is 1.44 bits per heavy atom. The number of anilines is 1. The lowest BCUT2D eigenvalue weighted by Crippen LogP contribution is -2.58. The molecule has 1 aliphatic carbocycles. The zero-order chi connectivity index (χ0) is 18.9. The summed E-state index contributed by atoms with van der Waals surface area (Å²) in [5, 5.41) is 14.7. The van der Waals surface area contributed by atoms with E-state index < -0.39 is 0 Å². The van der Waals surface area contributed by atoms with E-state index in [1.807, 2.05) is 6.07 Å². The number of hydrogen-bond donors (Lipinski definition) is 1. The number of rotatable bonds is 3. The number of nitro benzene ring substituents is 1. The fourth-order valence-corrected chi connectivity index (χ4v) is 6.35. The minimum absolute atomic E-state index is 0.0707. The summed E-state index contributed by atoms with van der Waals surface area (Å²) in [6.45, 7) is 4.18. The molecule has 0 saturated carbocycles. The van der Waals surface area contributed by atoms with Crippen LogP contribution in [0.3, 0.4) is 0 Å². The second-order valence-electron chi connectivity index (χ2n) is 8.06. The average molecular weight is 369 g/mol. The van der Waals surface area contributed by atoms with Crippen molar-refractivity contribution in [2.24, 2.45) is 11.8 Å². The lowest BCUT2D eigenvalue weighted by Gasteiger charge is -2.52. The van der Waals surface area contributed by atoms with Crippen molar-refractivity contribution in [1.29, 1.82) is 0 Å². The number of methoxy groups -OCH3 is 1. The molecule has 3 aliphatic heterocycles. The topological polar surface area (TPSA) is 84.7 Å². The van der Waals surface area contributed by atoms with E-state index >= 15 is 0 Å². The van der Waals surface area contributed by atoms with Crippen molar-refractivity contribution in [2.75, 3.05) is 25.5 Å². The van der Waals surface area contributed by atoms with E-state index in [1.54, 1.807) is 12.1 Å². The summed E-state index contributed by atoms with van der Waals surface area (Å²) in [6.07, 6.45) is 2.88. The van der Waals surface area contributed by atoms with E-state index in [1.165, 1.54) is 7.11 Å². The molecule has 3 heterocycles. The van der Waals surface area contributed by atoms with Gasteiger partial charge in [0.2, 0.25) is 0 Å². The Labute approximate surface area is 157 Å². The van der Waals surface area contributed by atoms with Crippen LogP contribution in [0.25, 0.3) is 0 Å². The van der Waals surface area contributed by atoms with Crippen LogP contribution in [-0.4, -0.2) is 42.0 Å². The van der Waals surface area contributed by atoms with E-state index in [4.69, 9.17) is 4.74 Å². The molecule has 27 heavy (non-hydrogen) atoms. The first kappa shape index (κ1) is 16.7. The molecule has 1 spiro atoms. The molecule has 0 unspecified atom stereocenters. The Kier molecular flexibility index (Phi) is 3.44. The lowest BCUT2D eigenvalue weighted by atomic mass is 9.57. The van der Waals surface area contributed by atoms with E-state index in [-0.39, 0.29) is 27.9 Å². The highest BCUT2D eigenvalue weighted by Crippen LogP contribution is 2.63. The van der Waals surface area contributed by atoms with Gasteiger partial charge < -0.3 is 10.1 Å². The number of esters is 1. The highest BCUT2D eigenvalue weighted by atomic mass is 16.6. The second-order valence-corrected chi connectivity index (χ2v) is 8.06. The number of piperidine rings is 1. The Morgan fingerprint density at radius 2 is 2.26 bits per heavy atom. The molecule has 4 aliphatic rings. The minimum atomic E-state index is -0.370. The van der Waals surface area contributed by atoms with Gasteiger partial charge in [-0.3, -0.25) is 15.0 Å². The molecular formula is C20H23N3O4. The Morgan fingerprint density at radius 3 is 2.96 bits per heavy atom. The number of carbonyl (C=O) groups is 1. The highest BCUT2D eigenvalue weighted by molar-refractivity contribution is 5.93.